The average molecular weight is 488 g/mol. The normalized spacial score (nSPS) is 18.6. The van der Waals surface area contributed by atoms with Crippen molar-refractivity contribution in [3.8, 4) is 0 Å². The molecule has 0 spiro atoms. The summed E-state index contributed by atoms with van der Waals surface area (Å²) in [5, 5.41) is -0.138. The number of thioether (sulfide) groups is 1. The predicted octanol–water partition coefficient (Wildman–Crippen LogP) is 3.30. The summed E-state index contributed by atoms with van der Waals surface area (Å²) < 4.78 is 38.6. The highest BCUT2D eigenvalue weighted by atomic mass is 32.2. The molecule has 0 saturated carbocycles. The number of morpholine rings is 1. The molecule has 1 amide bonds. The van der Waals surface area contributed by atoms with Gasteiger partial charge in [-0.05, 0) is 48.4 Å². The minimum Gasteiger partial charge on any atom is -0.431 e. The predicted molar refractivity (Wildman–Crippen MR) is 124 cm³/mol. The largest absolute Gasteiger partial charge is 0.431 e. The minimum atomic E-state index is -3.63. The molecule has 0 unspecified atom stereocenters. The average Bonchev–Trinajstić information content (AvgIpc) is 3.53. The molecule has 33 heavy (non-hydrogen) atoms. The molecule has 3 heterocycles. The maximum Gasteiger partial charge on any atom is 0.257 e. The highest BCUT2D eigenvalue weighted by molar-refractivity contribution is 8.00. The molecule has 2 aromatic carbocycles. The molecule has 174 valence electrons. The number of amides is 1. The summed E-state index contributed by atoms with van der Waals surface area (Å²) in [7, 11) is -3.63. The van der Waals surface area contributed by atoms with E-state index in [0.717, 1.165) is 31.5 Å². The Labute approximate surface area is 197 Å². The van der Waals surface area contributed by atoms with Crippen LogP contribution in [0.1, 0.15) is 23.7 Å². The number of hydrogen-bond donors (Lipinski definition) is 0. The van der Waals surface area contributed by atoms with Crippen LogP contribution in [0, 0.1) is 0 Å². The molecule has 2 fully saturated rings. The quantitative estimate of drug-likeness (QED) is 0.493. The molecule has 0 aliphatic carbocycles. The van der Waals surface area contributed by atoms with Gasteiger partial charge in [0.25, 0.3) is 5.22 Å². The van der Waals surface area contributed by atoms with Crippen molar-refractivity contribution >= 4 is 38.8 Å². The Hall–Kier alpha value is -2.40. The number of aromatic nitrogens is 1. The second-order valence-electron chi connectivity index (χ2n) is 8.07. The van der Waals surface area contributed by atoms with E-state index < -0.39 is 15.3 Å². The summed E-state index contributed by atoms with van der Waals surface area (Å²) in [5.74, 6) is 0.0431. The van der Waals surface area contributed by atoms with E-state index in [2.05, 4.69) is 4.98 Å². The molecule has 8 nitrogen and oxygen atoms in total. The van der Waals surface area contributed by atoms with Crippen molar-refractivity contribution in [2.75, 3.05) is 39.4 Å². The molecule has 0 radical (unpaired) electrons. The molecule has 2 aliphatic heterocycles. The van der Waals surface area contributed by atoms with Gasteiger partial charge in [0.05, 0.1) is 18.1 Å². The first-order valence-electron chi connectivity index (χ1n) is 11.0. The Morgan fingerprint density at radius 1 is 1.00 bits per heavy atom. The van der Waals surface area contributed by atoms with Crippen LogP contribution in [0.5, 0.6) is 0 Å². The van der Waals surface area contributed by atoms with E-state index in [4.69, 9.17) is 9.15 Å². The first-order valence-corrected chi connectivity index (χ1v) is 13.3. The molecule has 0 N–H and O–H groups in total. The number of fused-ring (bicyclic) bond motifs is 1. The van der Waals surface area contributed by atoms with Crippen LogP contribution in [0.15, 0.2) is 63.1 Å². The van der Waals surface area contributed by atoms with Gasteiger partial charge in [-0.2, -0.15) is 4.31 Å². The lowest BCUT2D eigenvalue weighted by molar-refractivity contribution is -0.129. The SMILES string of the molecule is O=C([C@H](Sc1nc2cc(S(=O)(=O)N3CCOCC3)ccc2o1)c1ccccc1)N1CCCC1. The van der Waals surface area contributed by atoms with E-state index in [1.165, 1.54) is 28.2 Å². The maximum absolute atomic E-state index is 13.3. The lowest BCUT2D eigenvalue weighted by atomic mass is 10.1. The number of rotatable bonds is 6. The zero-order chi connectivity index (χ0) is 22.8. The lowest BCUT2D eigenvalue weighted by Crippen LogP contribution is -2.40. The van der Waals surface area contributed by atoms with Gasteiger partial charge in [-0.3, -0.25) is 4.79 Å². The molecule has 1 atom stereocenters. The van der Waals surface area contributed by atoms with Crippen LogP contribution in [0.4, 0.5) is 0 Å². The summed E-state index contributed by atoms with van der Waals surface area (Å²) in [6, 6.07) is 14.3. The first-order chi connectivity index (χ1) is 16.0. The van der Waals surface area contributed by atoms with Crippen LogP contribution in [0.25, 0.3) is 11.1 Å². The summed E-state index contributed by atoms with van der Waals surface area (Å²) in [6.45, 7) is 2.96. The van der Waals surface area contributed by atoms with E-state index in [9.17, 15) is 13.2 Å². The third-order valence-electron chi connectivity index (χ3n) is 5.91. The van der Waals surface area contributed by atoms with Crippen LogP contribution >= 0.6 is 11.8 Å². The summed E-state index contributed by atoms with van der Waals surface area (Å²) >= 11 is 1.26. The van der Waals surface area contributed by atoms with Gasteiger partial charge in [0.1, 0.15) is 10.8 Å². The number of nitrogens with zero attached hydrogens (tertiary/aromatic N) is 3. The van der Waals surface area contributed by atoms with Crippen molar-refractivity contribution in [3.63, 3.8) is 0 Å². The second kappa shape index (κ2) is 9.46. The van der Waals surface area contributed by atoms with E-state index in [-0.39, 0.29) is 10.8 Å². The van der Waals surface area contributed by atoms with Gasteiger partial charge in [-0.15, -0.1) is 0 Å². The van der Waals surface area contributed by atoms with Crippen LogP contribution in [-0.2, 0) is 19.6 Å². The Morgan fingerprint density at radius 2 is 1.73 bits per heavy atom. The Bertz CT molecular complexity index is 1230. The maximum atomic E-state index is 13.3. The number of carbonyl (C=O) groups excluding carboxylic acids is 1. The Kier molecular flexibility index (Phi) is 6.42. The number of carbonyl (C=O) groups is 1. The molecular formula is C23H25N3O5S2. The standard InChI is InChI=1S/C23H25N3O5S2/c27-22(25-10-4-5-11-25)21(17-6-2-1-3-7-17)32-23-24-19-16-18(8-9-20(19)31-23)33(28,29)26-12-14-30-15-13-26/h1-3,6-9,16,21H,4-5,10-15H2/t21-/m1/s1. The summed E-state index contributed by atoms with van der Waals surface area (Å²) in [5.41, 5.74) is 1.82. The summed E-state index contributed by atoms with van der Waals surface area (Å²) in [6.07, 6.45) is 2.03. The number of ether oxygens (including phenoxy) is 1. The van der Waals surface area contributed by atoms with Gasteiger partial charge in [0.2, 0.25) is 15.9 Å². The topological polar surface area (TPSA) is 92.9 Å². The number of oxazole rings is 1. The van der Waals surface area contributed by atoms with E-state index in [0.29, 0.717) is 42.6 Å². The number of likely N-dealkylation sites (tertiary alicyclic amines) is 1. The molecular weight excluding hydrogens is 462 g/mol. The molecule has 10 heteroatoms. The molecule has 5 rings (SSSR count). The van der Waals surface area contributed by atoms with E-state index in [1.54, 1.807) is 6.07 Å². The van der Waals surface area contributed by atoms with Crippen LogP contribution in [0.3, 0.4) is 0 Å². The van der Waals surface area contributed by atoms with Crippen LogP contribution in [0.2, 0.25) is 0 Å². The van der Waals surface area contributed by atoms with Gasteiger partial charge < -0.3 is 14.1 Å². The van der Waals surface area contributed by atoms with Gasteiger partial charge in [-0.1, -0.05) is 30.3 Å². The minimum absolute atomic E-state index is 0.0431. The zero-order valence-corrected chi connectivity index (χ0v) is 19.7. The monoisotopic (exact) mass is 487 g/mol. The fourth-order valence-corrected chi connectivity index (χ4v) is 6.59. The lowest BCUT2D eigenvalue weighted by Gasteiger charge is -2.25. The van der Waals surface area contributed by atoms with Crippen molar-refractivity contribution in [1.29, 1.82) is 0 Å². The zero-order valence-electron chi connectivity index (χ0n) is 18.1. The molecule has 0 bridgehead atoms. The number of sulfonamides is 1. The van der Waals surface area contributed by atoms with Crippen molar-refractivity contribution in [1.82, 2.24) is 14.2 Å². The van der Waals surface area contributed by atoms with Crippen molar-refractivity contribution < 1.29 is 22.4 Å². The second-order valence-corrected chi connectivity index (χ2v) is 11.1. The fraction of sp³-hybridized carbons (Fsp3) is 0.391. The van der Waals surface area contributed by atoms with Gasteiger partial charge in [-0.25, -0.2) is 13.4 Å². The van der Waals surface area contributed by atoms with Crippen molar-refractivity contribution in [3.05, 3.63) is 54.1 Å². The van der Waals surface area contributed by atoms with Gasteiger partial charge in [0.15, 0.2) is 5.58 Å². The highest BCUT2D eigenvalue weighted by Crippen LogP contribution is 2.38. The van der Waals surface area contributed by atoms with Crippen LogP contribution in [-0.4, -0.2) is 67.9 Å². The highest BCUT2D eigenvalue weighted by Gasteiger charge is 2.31. The third kappa shape index (κ3) is 4.65. The molecule has 2 aliphatic rings. The third-order valence-corrected chi connectivity index (χ3v) is 8.89. The fourth-order valence-electron chi connectivity index (χ4n) is 4.13. The van der Waals surface area contributed by atoms with Crippen molar-refractivity contribution in [2.24, 2.45) is 0 Å². The Morgan fingerprint density at radius 3 is 2.45 bits per heavy atom. The first kappa shape index (κ1) is 22.4. The summed E-state index contributed by atoms with van der Waals surface area (Å²) in [4.78, 5) is 19.9. The van der Waals surface area contributed by atoms with Crippen molar-refractivity contribution in [2.45, 2.75) is 28.2 Å². The molecule has 3 aromatic rings. The molecule has 1 aromatic heterocycles. The van der Waals surface area contributed by atoms with E-state index >= 15 is 0 Å². The number of hydrogen-bond acceptors (Lipinski definition) is 7. The Balaban J connectivity index is 1.43. The molecule has 2 saturated heterocycles. The van der Waals surface area contributed by atoms with E-state index in [1.807, 2.05) is 35.2 Å². The number of benzene rings is 2. The smallest absolute Gasteiger partial charge is 0.257 e. The van der Waals surface area contributed by atoms with Crippen LogP contribution < -0.4 is 0 Å². The van der Waals surface area contributed by atoms with Gasteiger partial charge >= 0.3 is 0 Å². The van der Waals surface area contributed by atoms with Gasteiger partial charge in [0, 0.05) is 26.2 Å².